The van der Waals surface area contributed by atoms with E-state index in [2.05, 4.69) is 10.6 Å². The van der Waals surface area contributed by atoms with E-state index < -0.39 is 0 Å². The summed E-state index contributed by atoms with van der Waals surface area (Å²) in [5.74, 6) is -0.0956. The van der Waals surface area contributed by atoms with Gasteiger partial charge < -0.3 is 16.4 Å². The number of amides is 1. The largest absolute Gasteiger partial charge is 0.399 e. The van der Waals surface area contributed by atoms with Gasteiger partial charge in [-0.25, -0.2) is 0 Å². The lowest BCUT2D eigenvalue weighted by Crippen LogP contribution is -2.23. The van der Waals surface area contributed by atoms with E-state index in [-0.39, 0.29) is 5.91 Å². The molecule has 0 aliphatic heterocycles. The van der Waals surface area contributed by atoms with Crippen LogP contribution >= 0.6 is 0 Å². The summed E-state index contributed by atoms with van der Waals surface area (Å²) in [6.07, 6.45) is 0. The average molecular weight is 255 g/mol. The highest BCUT2D eigenvalue weighted by molar-refractivity contribution is 5.99. The summed E-state index contributed by atoms with van der Waals surface area (Å²) in [5, 5.41) is 5.89. The summed E-state index contributed by atoms with van der Waals surface area (Å²) in [4.78, 5) is 12.1. The number of hydrogen-bond acceptors (Lipinski definition) is 3. The predicted octanol–water partition coefficient (Wildman–Crippen LogP) is 2.24. The van der Waals surface area contributed by atoms with Crippen LogP contribution in [0.4, 0.5) is 11.4 Å². The number of para-hydroxylation sites is 1. The van der Waals surface area contributed by atoms with Crippen molar-refractivity contribution < 1.29 is 4.79 Å². The molecule has 1 amide bonds. The van der Waals surface area contributed by atoms with Gasteiger partial charge in [0.15, 0.2) is 0 Å². The van der Waals surface area contributed by atoms with Crippen LogP contribution in [0.15, 0.2) is 48.5 Å². The van der Waals surface area contributed by atoms with Crippen LogP contribution in [0.1, 0.15) is 15.9 Å². The highest BCUT2D eigenvalue weighted by Gasteiger charge is 2.09. The molecule has 0 radical (unpaired) electrons. The van der Waals surface area contributed by atoms with Gasteiger partial charge in [-0.1, -0.05) is 24.3 Å². The first kappa shape index (κ1) is 13.0. The summed E-state index contributed by atoms with van der Waals surface area (Å²) in [6, 6.07) is 14.9. The van der Waals surface area contributed by atoms with E-state index in [4.69, 9.17) is 5.73 Å². The molecule has 2 aromatic carbocycles. The lowest BCUT2D eigenvalue weighted by molar-refractivity contribution is 0.0951. The van der Waals surface area contributed by atoms with Crippen molar-refractivity contribution in [3.8, 4) is 0 Å². The molecule has 19 heavy (non-hydrogen) atoms. The van der Waals surface area contributed by atoms with Crippen LogP contribution in [-0.2, 0) is 6.54 Å². The highest BCUT2D eigenvalue weighted by atomic mass is 16.1. The van der Waals surface area contributed by atoms with Crippen molar-refractivity contribution in [1.29, 1.82) is 0 Å². The minimum absolute atomic E-state index is 0.0956. The van der Waals surface area contributed by atoms with Gasteiger partial charge in [-0.15, -0.1) is 0 Å². The van der Waals surface area contributed by atoms with Crippen LogP contribution in [0.5, 0.6) is 0 Å². The van der Waals surface area contributed by atoms with Crippen molar-refractivity contribution in [3.63, 3.8) is 0 Å². The lowest BCUT2D eigenvalue weighted by atomic mass is 10.1. The zero-order valence-electron chi connectivity index (χ0n) is 10.8. The molecule has 0 unspecified atom stereocenters. The van der Waals surface area contributed by atoms with Crippen molar-refractivity contribution in [2.45, 2.75) is 6.54 Å². The van der Waals surface area contributed by atoms with Crippen molar-refractivity contribution in [2.24, 2.45) is 0 Å². The standard InChI is InChI=1S/C15H17N3O/c1-17-14-5-3-2-4-13(14)15(19)18-10-11-6-8-12(16)9-7-11/h2-9,17H,10,16H2,1H3,(H,18,19). The number of nitrogens with one attached hydrogen (secondary N) is 2. The molecular formula is C15H17N3O. The fraction of sp³-hybridized carbons (Fsp3) is 0.133. The molecule has 0 aliphatic carbocycles. The molecule has 0 atom stereocenters. The first-order valence-corrected chi connectivity index (χ1v) is 6.10. The molecule has 0 aromatic heterocycles. The molecule has 0 fully saturated rings. The van der Waals surface area contributed by atoms with Gasteiger partial charge in [0.05, 0.1) is 5.56 Å². The van der Waals surface area contributed by atoms with Crippen LogP contribution in [0.3, 0.4) is 0 Å². The van der Waals surface area contributed by atoms with E-state index >= 15 is 0 Å². The fourth-order valence-corrected chi connectivity index (χ4v) is 1.81. The zero-order chi connectivity index (χ0) is 13.7. The number of carbonyl (C=O) groups is 1. The van der Waals surface area contributed by atoms with Gasteiger partial charge in [0.1, 0.15) is 0 Å². The monoisotopic (exact) mass is 255 g/mol. The summed E-state index contributed by atoms with van der Waals surface area (Å²) < 4.78 is 0. The van der Waals surface area contributed by atoms with Crippen molar-refractivity contribution >= 4 is 17.3 Å². The molecule has 2 aromatic rings. The van der Waals surface area contributed by atoms with Gasteiger partial charge in [-0.05, 0) is 29.8 Å². The Morgan fingerprint density at radius 1 is 1.11 bits per heavy atom. The number of nitrogen functional groups attached to an aromatic ring is 1. The SMILES string of the molecule is CNc1ccccc1C(=O)NCc1ccc(N)cc1. The highest BCUT2D eigenvalue weighted by Crippen LogP contribution is 2.14. The van der Waals surface area contributed by atoms with Gasteiger partial charge in [0.25, 0.3) is 5.91 Å². The molecular weight excluding hydrogens is 238 g/mol. The second kappa shape index (κ2) is 5.91. The van der Waals surface area contributed by atoms with Crippen LogP contribution in [0.25, 0.3) is 0 Å². The third kappa shape index (κ3) is 3.25. The van der Waals surface area contributed by atoms with Crippen molar-refractivity contribution in [2.75, 3.05) is 18.1 Å². The summed E-state index contributed by atoms with van der Waals surface area (Å²) in [7, 11) is 1.80. The van der Waals surface area contributed by atoms with Gasteiger partial charge in [0.2, 0.25) is 0 Å². The molecule has 98 valence electrons. The van der Waals surface area contributed by atoms with Gasteiger partial charge in [-0.2, -0.15) is 0 Å². The smallest absolute Gasteiger partial charge is 0.253 e. The van der Waals surface area contributed by atoms with Crippen LogP contribution in [0.2, 0.25) is 0 Å². The third-order valence-electron chi connectivity index (χ3n) is 2.87. The minimum atomic E-state index is -0.0956. The fourth-order valence-electron chi connectivity index (χ4n) is 1.81. The molecule has 4 N–H and O–H groups in total. The normalized spacial score (nSPS) is 9.95. The van der Waals surface area contributed by atoms with E-state index in [1.807, 2.05) is 42.5 Å². The maximum atomic E-state index is 12.1. The van der Waals surface area contributed by atoms with Crippen LogP contribution < -0.4 is 16.4 Å². The molecule has 4 nitrogen and oxygen atoms in total. The number of anilines is 2. The van der Waals surface area contributed by atoms with Crippen LogP contribution in [0, 0.1) is 0 Å². The average Bonchev–Trinajstić information content (AvgIpc) is 2.46. The van der Waals surface area contributed by atoms with Crippen molar-refractivity contribution in [3.05, 3.63) is 59.7 Å². The quantitative estimate of drug-likeness (QED) is 0.734. The van der Waals surface area contributed by atoms with Gasteiger partial charge in [0, 0.05) is 25.0 Å². The second-order valence-electron chi connectivity index (χ2n) is 4.22. The molecule has 0 saturated heterocycles. The number of rotatable bonds is 4. The van der Waals surface area contributed by atoms with Crippen LogP contribution in [-0.4, -0.2) is 13.0 Å². The summed E-state index contributed by atoms with van der Waals surface area (Å²) >= 11 is 0. The van der Waals surface area contributed by atoms with E-state index in [1.54, 1.807) is 13.1 Å². The number of hydrogen-bond donors (Lipinski definition) is 3. The van der Waals surface area contributed by atoms with Gasteiger partial charge >= 0.3 is 0 Å². The summed E-state index contributed by atoms with van der Waals surface area (Å²) in [6.45, 7) is 0.483. The molecule has 4 heteroatoms. The lowest BCUT2D eigenvalue weighted by Gasteiger charge is -2.09. The Bertz CT molecular complexity index is 564. The molecule has 0 aliphatic rings. The molecule has 0 bridgehead atoms. The number of carbonyl (C=O) groups excluding carboxylic acids is 1. The van der Waals surface area contributed by atoms with E-state index in [0.29, 0.717) is 12.1 Å². The second-order valence-corrected chi connectivity index (χ2v) is 4.22. The topological polar surface area (TPSA) is 67.2 Å². The Labute approximate surface area is 112 Å². The zero-order valence-corrected chi connectivity index (χ0v) is 10.8. The number of nitrogens with two attached hydrogens (primary N) is 1. The number of benzene rings is 2. The molecule has 0 saturated carbocycles. The predicted molar refractivity (Wildman–Crippen MR) is 78.0 cm³/mol. The van der Waals surface area contributed by atoms with E-state index in [9.17, 15) is 4.79 Å². The maximum Gasteiger partial charge on any atom is 0.253 e. The molecule has 0 heterocycles. The van der Waals surface area contributed by atoms with E-state index in [0.717, 1.165) is 16.9 Å². The first-order valence-electron chi connectivity index (χ1n) is 6.10. The Balaban J connectivity index is 2.03. The Hall–Kier alpha value is -2.49. The molecule has 2 rings (SSSR count). The van der Waals surface area contributed by atoms with Gasteiger partial charge in [-0.3, -0.25) is 4.79 Å². The third-order valence-corrected chi connectivity index (χ3v) is 2.87. The first-order chi connectivity index (χ1) is 9.20. The minimum Gasteiger partial charge on any atom is -0.399 e. The van der Waals surface area contributed by atoms with Crippen molar-refractivity contribution in [1.82, 2.24) is 5.32 Å². The Morgan fingerprint density at radius 2 is 1.79 bits per heavy atom. The maximum absolute atomic E-state index is 12.1. The Morgan fingerprint density at radius 3 is 2.47 bits per heavy atom. The van der Waals surface area contributed by atoms with E-state index in [1.165, 1.54) is 0 Å². The molecule has 0 spiro atoms. The summed E-state index contributed by atoms with van der Waals surface area (Å²) in [5.41, 5.74) is 8.81. The Kier molecular flexibility index (Phi) is 4.03.